The average Bonchev–Trinajstić information content (AvgIpc) is 2.26. The number of nitrogens with two attached hydrogens (primary N) is 1. The monoisotopic (exact) mass is 332 g/mol. The van der Waals surface area contributed by atoms with E-state index in [1.807, 2.05) is 0 Å². The molecule has 0 radical (unpaired) electrons. The molecule has 0 bridgehead atoms. The number of nitrogens with zero attached hydrogens (tertiary/aromatic N) is 1. The van der Waals surface area contributed by atoms with Crippen LogP contribution in [-0.2, 0) is 21.4 Å². The SMILES string of the molecule is CC1(C)C(=O)N(Cc2ccc(N)cc2Br)S1(=O)=O. The first-order valence-electron chi connectivity index (χ1n) is 5.28. The van der Waals surface area contributed by atoms with Crippen molar-refractivity contribution in [3.05, 3.63) is 28.2 Å². The van der Waals surface area contributed by atoms with Crippen molar-refractivity contribution in [2.24, 2.45) is 0 Å². The molecule has 0 atom stereocenters. The Morgan fingerprint density at radius 1 is 1.39 bits per heavy atom. The van der Waals surface area contributed by atoms with Crippen molar-refractivity contribution in [3.8, 4) is 0 Å². The third kappa shape index (κ3) is 1.73. The number of anilines is 1. The molecule has 98 valence electrons. The Morgan fingerprint density at radius 3 is 2.50 bits per heavy atom. The summed E-state index contributed by atoms with van der Waals surface area (Å²) in [5, 5.41) is 0. The predicted molar refractivity (Wildman–Crippen MR) is 72.1 cm³/mol. The fourth-order valence-corrected chi connectivity index (χ4v) is 3.79. The zero-order valence-corrected chi connectivity index (χ0v) is 12.4. The van der Waals surface area contributed by atoms with E-state index < -0.39 is 14.8 Å². The second-order valence-corrected chi connectivity index (χ2v) is 7.94. The number of sulfonamides is 1. The first kappa shape index (κ1) is 13.4. The summed E-state index contributed by atoms with van der Waals surface area (Å²) in [7, 11) is -3.54. The summed E-state index contributed by atoms with van der Waals surface area (Å²) in [6.07, 6.45) is 0. The highest BCUT2D eigenvalue weighted by atomic mass is 79.9. The first-order valence-corrected chi connectivity index (χ1v) is 7.52. The Kier molecular flexibility index (Phi) is 2.94. The Balaban J connectivity index is 2.30. The van der Waals surface area contributed by atoms with E-state index in [0.717, 1.165) is 4.31 Å². The van der Waals surface area contributed by atoms with Crippen molar-refractivity contribution in [2.45, 2.75) is 25.1 Å². The summed E-state index contributed by atoms with van der Waals surface area (Å²) in [4.78, 5) is 11.8. The molecule has 1 aromatic rings. The third-order valence-corrected chi connectivity index (χ3v) is 6.15. The van der Waals surface area contributed by atoms with Crippen LogP contribution in [0, 0.1) is 0 Å². The van der Waals surface area contributed by atoms with E-state index >= 15 is 0 Å². The molecule has 1 heterocycles. The summed E-state index contributed by atoms with van der Waals surface area (Å²) < 4.78 is 24.1. The Labute approximate surface area is 114 Å². The van der Waals surface area contributed by atoms with Gasteiger partial charge in [0, 0.05) is 10.2 Å². The van der Waals surface area contributed by atoms with Gasteiger partial charge in [-0.05, 0) is 31.5 Å². The van der Waals surface area contributed by atoms with Crippen LogP contribution in [-0.4, -0.2) is 23.4 Å². The maximum Gasteiger partial charge on any atom is 0.259 e. The molecule has 0 aromatic heterocycles. The van der Waals surface area contributed by atoms with Gasteiger partial charge in [0.2, 0.25) is 0 Å². The molecule has 0 unspecified atom stereocenters. The highest BCUT2D eigenvalue weighted by Crippen LogP contribution is 2.37. The minimum Gasteiger partial charge on any atom is -0.399 e. The van der Waals surface area contributed by atoms with E-state index in [0.29, 0.717) is 15.7 Å². The number of halogens is 1. The number of hydrogen-bond donors (Lipinski definition) is 1. The fourth-order valence-electron chi connectivity index (χ4n) is 1.76. The molecular formula is C11H13BrN2O3S. The smallest absolute Gasteiger partial charge is 0.259 e. The van der Waals surface area contributed by atoms with Crippen molar-refractivity contribution in [2.75, 3.05) is 5.73 Å². The number of amides is 1. The summed E-state index contributed by atoms with van der Waals surface area (Å²) in [5.74, 6) is -0.383. The summed E-state index contributed by atoms with van der Waals surface area (Å²) in [5.41, 5.74) is 6.88. The van der Waals surface area contributed by atoms with E-state index in [4.69, 9.17) is 5.73 Å². The predicted octanol–water partition coefficient (Wildman–Crippen LogP) is 1.48. The molecule has 1 aromatic carbocycles. The second-order valence-electron chi connectivity index (χ2n) is 4.68. The molecule has 2 rings (SSSR count). The molecule has 0 saturated carbocycles. The Bertz CT molecular complexity index is 625. The molecule has 1 amide bonds. The van der Waals surface area contributed by atoms with Gasteiger partial charge in [-0.3, -0.25) is 4.79 Å². The topological polar surface area (TPSA) is 80.5 Å². The van der Waals surface area contributed by atoms with Gasteiger partial charge in [-0.1, -0.05) is 22.0 Å². The van der Waals surface area contributed by atoms with E-state index in [1.54, 1.807) is 18.2 Å². The molecular weight excluding hydrogens is 320 g/mol. The molecule has 1 fully saturated rings. The number of hydrogen-bond acceptors (Lipinski definition) is 4. The van der Waals surface area contributed by atoms with Crippen molar-refractivity contribution in [1.29, 1.82) is 0 Å². The molecule has 1 aliphatic heterocycles. The van der Waals surface area contributed by atoms with Gasteiger partial charge in [-0.15, -0.1) is 0 Å². The molecule has 2 N–H and O–H groups in total. The quantitative estimate of drug-likeness (QED) is 0.832. The van der Waals surface area contributed by atoms with Crippen LogP contribution in [0.1, 0.15) is 19.4 Å². The fraction of sp³-hybridized carbons (Fsp3) is 0.364. The van der Waals surface area contributed by atoms with E-state index in [1.165, 1.54) is 13.8 Å². The normalized spacial score (nSPS) is 20.6. The maximum atomic E-state index is 11.9. The van der Waals surface area contributed by atoms with Gasteiger partial charge in [0.05, 0.1) is 6.54 Å². The minimum atomic E-state index is -3.54. The number of benzene rings is 1. The number of carbonyl (C=O) groups is 1. The molecule has 1 saturated heterocycles. The molecule has 7 heteroatoms. The molecule has 0 spiro atoms. The van der Waals surface area contributed by atoms with Crippen LogP contribution in [0.5, 0.6) is 0 Å². The summed E-state index contributed by atoms with van der Waals surface area (Å²) >= 11 is 3.30. The van der Waals surface area contributed by atoms with Gasteiger partial charge in [0.25, 0.3) is 15.9 Å². The zero-order chi connectivity index (χ0) is 13.7. The lowest BCUT2D eigenvalue weighted by Gasteiger charge is -2.43. The van der Waals surface area contributed by atoms with Crippen molar-refractivity contribution >= 4 is 37.5 Å². The first-order chi connectivity index (χ1) is 8.18. The lowest BCUT2D eigenvalue weighted by Crippen LogP contribution is -2.66. The van der Waals surface area contributed by atoms with Crippen LogP contribution in [0.15, 0.2) is 22.7 Å². The lowest BCUT2D eigenvalue weighted by molar-refractivity contribution is -0.132. The maximum absolute atomic E-state index is 11.9. The van der Waals surface area contributed by atoms with E-state index in [-0.39, 0.29) is 12.5 Å². The molecule has 0 aliphatic carbocycles. The highest BCUT2D eigenvalue weighted by molar-refractivity contribution is 9.10. The third-order valence-electron chi connectivity index (χ3n) is 3.07. The van der Waals surface area contributed by atoms with Crippen LogP contribution in [0.25, 0.3) is 0 Å². The van der Waals surface area contributed by atoms with Gasteiger partial charge < -0.3 is 5.73 Å². The summed E-state index contributed by atoms with van der Waals surface area (Å²) in [6.45, 7) is 2.86. The highest BCUT2D eigenvalue weighted by Gasteiger charge is 2.59. The van der Waals surface area contributed by atoms with Crippen LogP contribution in [0.2, 0.25) is 0 Å². The van der Waals surface area contributed by atoms with Crippen LogP contribution in [0.4, 0.5) is 5.69 Å². The van der Waals surface area contributed by atoms with Gasteiger partial charge in [0.1, 0.15) is 0 Å². The molecule has 1 aliphatic rings. The number of rotatable bonds is 2. The Hall–Kier alpha value is -1.08. The zero-order valence-electron chi connectivity index (χ0n) is 9.97. The van der Waals surface area contributed by atoms with Gasteiger partial charge in [0.15, 0.2) is 4.75 Å². The van der Waals surface area contributed by atoms with Crippen LogP contribution < -0.4 is 5.73 Å². The lowest BCUT2D eigenvalue weighted by atomic mass is 10.1. The van der Waals surface area contributed by atoms with E-state index in [9.17, 15) is 13.2 Å². The van der Waals surface area contributed by atoms with Crippen LogP contribution >= 0.6 is 15.9 Å². The van der Waals surface area contributed by atoms with Crippen molar-refractivity contribution in [3.63, 3.8) is 0 Å². The van der Waals surface area contributed by atoms with Crippen molar-refractivity contribution < 1.29 is 13.2 Å². The van der Waals surface area contributed by atoms with Crippen LogP contribution in [0.3, 0.4) is 0 Å². The largest absolute Gasteiger partial charge is 0.399 e. The van der Waals surface area contributed by atoms with E-state index in [2.05, 4.69) is 15.9 Å². The average molecular weight is 333 g/mol. The second kappa shape index (κ2) is 3.96. The Morgan fingerprint density at radius 2 is 2.00 bits per heavy atom. The minimum absolute atomic E-state index is 0.0332. The molecule has 5 nitrogen and oxygen atoms in total. The number of nitrogen functional groups attached to an aromatic ring is 1. The van der Waals surface area contributed by atoms with Gasteiger partial charge in [-0.2, -0.15) is 0 Å². The van der Waals surface area contributed by atoms with Gasteiger partial charge >= 0.3 is 0 Å². The van der Waals surface area contributed by atoms with Crippen molar-refractivity contribution in [1.82, 2.24) is 4.31 Å². The number of carbonyl (C=O) groups excluding carboxylic acids is 1. The standard InChI is InChI=1S/C11H13BrN2O3S/c1-11(2)10(15)14(18(11,16)17)6-7-3-4-8(13)5-9(7)12/h3-5H,6,13H2,1-2H3. The van der Waals surface area contributed by atoms with Gasteiger partial charge in [-0.25, -0.2) is 12.7 Å². The summed E-state index contributed by atoms with van der Waals surface area (Å²) in [6, 6.07) is 5.05. The molecule has 18 heavy (non-hydrogen) atoms.